The zero-order valence-corrected chi connectivity index (χ0v) is 10.3. The van der Waals surface area contributed by atoms with E-state index in [0.29, 0.717) is 0 Å². The van der Waals surface area contributed by atoms with Crippen molar-refractivity contribution in [2.45, 2.75) is 52.6 Å². The highest BCUT2D eigenvalue weighted by Gasteiger charge is 2.22. The molecular formula is C12H26N2. The lowest BCUT2D eigenvalue weighted by atomic mass is 10.1. The third kappa shape index (κ3) is 2.96. The summed E-state index contributed by atoms with van der Waals surface area (Å²) in [6.45, 7) is 14.3. The summed E-state index contributed by atoms with van der Waals surface area (Å²) in [6, 6.07) is 1.54. The van der Waals surface area contributed by atoms with Gasteiger partial charge in [0.2, 0.25) is 0 Å². The first-order chi connectivity index (χ1) is 6.69. The Labute approximate surface area is 89.3 Å². The van der Waals surface area contributed by atoms with Crippen LogP contribution in [0.1, 0.15) is 40.5 Å². The molecule has 0 bridgehead atoms. The van der Waals surface area contributed by atoms with Gasteiger partial charge < -0.3 is 0 Å². The SMILES string of the molecule is CCC(CC)N1CCN(C(C)C)CC1. The molecule has 0 radical (unpaired) electrons. The van der Waals surface area contributed by atoms with Gasteiger partial charge in [0.25, 0.3) is 0 Å². The average molecular weight is 198 g/mol. The van der Waals surface area contributed by atoms with E-state index in [1.807, 2.05) is 0 Å². The maximum atomic E-state index is 2.67. The molecule has 2 heteroatoms. The van der Waals surface area contributed by atoms with E-state index in [9.17, 15) is 0 Å². The van der Waals surface area contributed by atoms with Crippen molar-refractivity contribution in [1.29, 1.82) is 0 Å². The molecule has 0 spiro atoms. The lowest BCUT2D eigenvalue weighted by Crippen LogP contribution is -2.51. The standard InChI is InChI=1S/C12H26N2/c1-5-12(6-2)14-9-7-13(8-10-14)11(3)4/h11-12H,5-10H2,1-4H3. The van der Waals surface area contributed by atoms with Crippen LogP contribution < -0.4 is 0 Å². The first kappa shape index (κ1) is 12.0. The average Bonchev–Trinajstić information content (AvgIpc) is 2.20. The van der Waals surface area contributed by atoms with E-state index in [1.165, 1.54) is 39.0 Å². The Bertz CT molecular complexity index is 144. The van der Waals surface area contributed by atoms with Crippen LogP contribution in [0.2, 0.25) is 0 Å². The summed E-state index contributed by atoms with van der Waals surface area (Å²) in [5, 5.41) is 0. The number of nitrogens with zero attached hydrogens (tertiary/aromatic N) is 2. The second kappa shape index (κ2) is 5.72. The van der Waals surface area contributed by atoms with Gasteiger partial charge in [-0.15, -0.1) is 0 Å². The van der Waals surface area contributed by atoms with E-state index in [2.05, 4.69) is 37.5 Å². The van der Waals surface area contributed by atoms with E-state index in [0.717, 1.165) is 12.1 Å². The topological polar surface area (TPSA) is 6.48 Å². The summed E-state index contributed by atoms with van der Waals surface area (Å²) in [4.78, 5) is 5.25. The molecule has 0 aromatic rings. The number of hydrogen-bond donors (Lipinski definition) is 0. The zero-order chi connectivity index (χ0) is 10.6. The highest BCUT2D eigenvalue weighted by atomic mass is 15.3. The Balaban J connectivity index is 2.34. The summed E-state index contributed by atoms with van der Waals surface area (Å²) < 4.78 is 0. The van der Waals surface area contributed by atoms with Crippen molar-refractivity contribution in [2.75, 3.05) is 26.2 Å². The van der Waals surface area contributed by atoms with Crippen LogP contribution >= 0.6 is 0 Å². The molecule has 0 unspecified atom stereocenters. The minimum atomic E-state index is 0.721. The summed E-state index contributed by atoms with van der Waals surface area (Å²) >= 11 is 0. The van der Waals surface area contributed by atoms with Gasteiger partial charge in [-0.05, 0) is 26.7 Å². The van der Waals surface area contributed by atoms with E-state index >= 15 is 0 Å². The van der Waals surface area contributed by atoms with Gasteiger partial charge in [0.15, 0.2) is 0 Å². The van der Waals surface area contributed by atoms with Gasteiger partial charge in [-0.25, -0.2) is 0 Å². The fourth-order valence-electron chi connectivity index (χ4n) is 2.42. The van der Waals surface area contributed by atoms with E-state index in [4.69, 9.17) is 0 Å². The van der Waals surface area contributed by atoms with Gasteiger partial charge in [0, 0.05) is 38.3 Å². The molecule has 1 saturated heterocycles. The molecule has 1 aliphatic rings. The second-order valence-corrected chi connectivity index (χ2v) is 4.64. The second-order valence-electron chi connectivity index (χ2n) is 4.64. The fourth-order valence-corrected chi connectivity index (χ4v) is 2.42. The van der Waals surface area contributed by atoms with Crippen molar-refractivity contribution in [2.24, 2.45) is 0 Å². The predicted octanol–water partition coefficient (Wildman–Crippen LogP) is 2.20. The van der Waals surface area contributed by atoms with Gasteiger partial charge >= 0.3 is 0 Å². The third-order valence-electron chi connectivity index (χ3n) is 3.54. The van der Waals surface area contributed by atoms with Crippen molar-refractivity contribution in [3.63, 3.8) is 0 Å². The molecule has 14 heavy (non-hydrogen) atoms. The summed E-state index contributed by atoms with van der Waals surface area (Å²) in [5.41, 5.74) is 0. The molecule has 0 aliphatic carbocycles. The summed E-state index contributed by atoms with van der Waals surface area (Å²) in [7, 11) is 0. The Morgan fingerprint density at radius 2 is 1.29 bits per heavy atom. The molecule has 0 N–H and O–H groups in total. The van der Waals surface area contributed by atoms with E-state index < -0.39 is 0 Å². The Hall–Kier alpha value is -0.0800. The maximum absolute atomic E-state index is 2.67. The van der Waals surface area contributed by atoms with Crippen LogP contribution in [0.15, 0.2) is 0 Å². The molecule has 1 rings (SSSR count). The van der Waals surface area contributed by atoms with Crippen molar-refractivity contribution in [3.05, 3.63) is 0 Å². The van der Waals surface area contributed by atoms with Crippen molar-refractivity contribution < 1.29 is 0 Å². The van der Waals surface area contributed by atoms with Crippen LogP contribution in [0.25, 0.3) is 0 Å². The third-order valence-corrected chi connectivity index (χ3v) is 3.54. The Morgan fingerprint density at radius 3 is 1.64 bits per heavy atom. The first-order valence-corrected chi connectivity index (χ1v) is 6.17. The van der Waals surface area contributed by atoms with Crippen molar-refractivity contribution >= 4 is 0 Å². The molecular weight excluding hydrogens is 172 g/mol. The molecule has 0 amide bonds. The number of piperazine rings is 1. The molecule has 1 heterocycles. The molecule has 0 aromatic carbocycles. The largest absolute Gasteiger partial charge is 0.298 e. The lowest BCUT2D eigenvalue weighted by molar-refractivity contribution is 0.0751. The first-order valence-electron chi connectivity index (χ1n) is 6.17. The number of hydrogen-bond acceptors (Lipinski definition) is 2. The van der Waals surface area contributed by atoms with Crippen LogP contribution in [0, 0.1) is 0 Å². The highest BCUT2D eigenvalue weighted by molar-refractivity contribution is 4.78. The molecule has 2 nitrogen and oxygen atoms in total. The van der Waals surface area contributed by atoms with Gasteiger partial charge in [-0.2, -0.15) is 0 Å². The monoisotopic (exact) mass is 198 g/mol. The van der Waals surface area contributed by atoms with Crippen LogP contribution in [0.5, 0.6) is 0 Å². The Morgan fingerprint density at radius 1 is 0.857 bits per heavy atom. The number of rotatable bonds is 4. The van der Waals surface area contributed by atoms with Gasteiger partial charge in [-0.3, -0.25) is 9.80 Å². The van der Waals surface area contributed by atoms with Crippen LogP contribution in [-0.2, 0) is 0 Å². The minimum Gasteiger partial charge on any atom is -0.298 e. The van der Waals surface area contributed by atoms with Crippen molar-refractivity contribution in [3.8, 4) is 0 Å². The summed E-state index contributed by atoms with van der Waals surface area (Å²) in [6.07, 6.45) is 2.61. The molecule has 84 valence electrons. The van der Waals surface area contributed by atoms with Gasteiger partial charge in [0.05, 0.1) is 0 Å². The smallest absolute Gasteiger partial charge is 0.0113 e. The molecule has 1 fully saturated rings. The fraction of sp³-hybridized carbons (Fsp3) is 1.00. The van der Waals surface area contributed by atoms with Gasteiger partial charge in [-0.1, -0.05) is 13.8 Å². The normalized spacial score (nSPS) is 21.0. The van der Waals surface area contributed by atoms with E-state index in [1.54, 1.807) is 0 Å². The molecule has 0 atom stereocenters. The van der Waals surface area contributed by atoms with Crippen molar-refractivity contribution in [1.82, 2.24) is 9.80 Å². The minimum absolute atomic E-state index is 0.721. The van der Waals surface area contributed by atoms with Crippen LogP contribution in [0.3, 0.4) is 0 Å². The predicted molar refractivity (Wildman–Crippen MR) is 62.7 cm³/mol. The van der Waals surface area contributed by atoms with Crippen LogP contribution in [0.4, 0.5) is 0 Å². The molecule has 0 aromatic heterocycles. The van der Waals surface area contributed by atoms with Gasteiger partial charge in [0.1, 0.15) is 0 Å². The Kier molecular flexibility index (Phi) is 4.90. The quantitative estimate of drug-likeness (QED) is 0.683. The zero-order valence-electron chi connectivity index (χ0n) is 10.3. The van der Waals surface area contributed by atoms with Crippen LogP contribution in [-0.4, -0.2) is 48.1 Å². The highest BCUT2D eigenvalue weighted by Crippen LogP contribution is 2.13. The van der Waals surface area contributed by atoms with E-state index in [-0.39, 0.29) is 0 Å². The summed E-state index contributed by atoms with van der Waals surface area (Å²) in [5.74, 6) is 0. The maximum Gasteiger partial charge on any atom is 0.0113 e. The molecule has 1 aliphatic heterocycles. The molecule has 0 saturated carbocycles. The lowest BCUT2D eigenvalue weighted by Gasteiger charge is -2.40.